The third kappa shape index (κ3) is 4.31. The van der Waals surface area contributed by atoms with Gasteiger partial charge < -0.3 is 25.6 Å². The van der Waals surface area contributed by atoms with Gasteiger partial charge in [-0.05, 0) is 25.3 Å². The summed E-state index contributed by atoms with van der Waals surface area (Å²) in [6.07, 6.45) is 2.44. The number of carbonyl (C=O) groups excluding carboxylic acids is 1. The van der Waals surface area contributed by atoms with E-state index in [1.165, 1.54) is 14.2 Å². The molecule has 0 saturated heterocycles. The Kier molecular flexibility index (Phi) is 6.66. The fourth-order valence-corrected chi connectivity index (χ4v) is 1.80. The van der Waals surface area contributed by atoms with E-state index in [0.717, 1.165) is 19.3 Å². The average Bonchev–Trinajstić information content (AvgIpc) is 2.46. The van der Waals surface area contributed by atoms with Crippen LogP contribution in [0.1, 0.15) is 29.6 Å². The van der Waals surface area contributed by atoms with Gasteiger partial charge in [-0.3, -0.25) is 4.79 Å². The predicted molar refractivity (Wildman–Crippen MR) is 77.2 cm³/mol. The van der Waals surface area contributed by atoms with Gasteiger partial charge in [-0.1, -0.05) is 0 Å². The van der Waals surface area contributed by atoms with Crippen molar-refractivity contribution in [3.8, 4) is 11.5 Å². The van der Waals surface area contributed by atoms with Crippen LogP contribution in [-0.4, -0.2) is 38.4 Å². The molecule has 20 heavy (non-hydrogen) atoms. The number of nitrogens with one attached hydrogen (secondary N) is 1. The second-order valence-electron chi connectivity index (χ2n) is 4.33. The monoisotopic (exact) mass is 282 g/mol. The highest BCUT2D eigenvalue weighted by molar-refractivity contribution is 6.00. The molecule has 0 atom stereocenters. The van der Waals surface area contributed by atoms with E-state index in [0.29, 0.717) is 29.3 Å². The maximum Gasteiger partial charge on any atom is 0.253 e. The van der Waals surface area contributed by atoms with E-state index >= 15 is 0 Å². The van der Waals surface area contributed by atoms with Gasteiger partial charge in [0.25, 0.3) is 5.91 Å². The maximum atomic E-state index is 12.0. The highest BCUT2D eigenvalue weighted by atomic mass is 16.5. The lowest BCUT2D eigenvalue weighted by atomic mass is 10.1. The van der Waals surface area contributed by atoms with Crippen LogP contribution < -0.4 is 20.5 Å². The molecule has 4 N–H and O–H groups in total. The molecular formula is C14H22N2O4. The number of hydrogen-bond acceptors (Lipinski definition) is 5. The largest absolute Gasteiger partial charge is 0.493 e. The van der Waals surface area contributed by atoms with Gasteiger partial charge in [0, 0.05) is 24.9 Å². The molecule has 1 aromatic rings. The summed E-state index contributed by atoms with van der Waals surface area (Å²) in [6, 6.07) is 3.14. The van der Waals surface area contributed by atoms with E-state index in [-0.39, 0.29) is 12.5 Å². The van der Waals surface area contributed by atoms with Crippen molar-refractivity contribution in [2.75, 3.05) is 33.1 Å². The number of hydrogen-bond donors (Lipinski definition) is 3. The molecule has 0 aliphatic heterocycles. The van der Waals surface area contributed by atoms with Crippen LogP contribution in [0.4, 0.5) is 5.69 Å². The Hall–Kier alpha value is -1.95. The quantitative estimate of drug-likeness (QED) is 0.491. The minimum absolute atomic E-state index is 0.177. The predicted octanol–water partition coefficient (Wildman–Crippen LogP) is 1.18. The van der Waals surface area contributed by atoms with E-state index < -0.39 is 0 Å². The zero-order valence-corrected chi connectivity index (χ0v) is 11.9. The first-order valence-corrected chi connectivity index (χ1v) is 6.54. The first-order valence-electron chi connectivity index (χ1n) is 6.54. The smallest absolute Gasteiger partial charge is 0.253 e. The van der Waals surface area contributed by atoms with Crippen molar-refractivity contribution >= 4 is 11.6 Å². The number of carbonyl (C=O) groups is 1. The van der Waals surface area contributed by atoms with Gasteiger partial charge in [-0.2, -0.15) is 0 Å². The molecule has 0 radical (unpaired) electrons. The molecular weight excluding hydrogens is 260 g/mol. The van der Waals surface area contributed by atoms with Crippen molar-refractivity contribution in [2.45, 2.75) is 19.3 Å². The van der Waals surface area contributed by atoms with Gasteiger partial charge in [0.15, 0.2) is 11.5 Å². The Morgan fingerprint density at radius 1 is 1.20 bits per heavy atom. The third-order valence-corrected chi connectivity index (χ3v) is 2.92. The topological polar surface area (TPSA) is 93.8 Å². The van der Waals surface area contributed by atoms with E-state index in [9.17, 15) is 4.79 Å². The summed E-state index contributed by atoms with van der Waals surface area (Å²) in [4.78, 5) is 12.0. The van der Waals surface area contributed by atoms with Crippen molar-refractivity contribution in [2.24, 2.45) is 0 Å². The number of amides is 1. The molecule has 0 bridgehead atoms. The summed E-state index contributed by atoms with van der Waals surface area (Å²) < 4.78 is 10.3. The molecule has 1 rings (SSSR count). The minimum atomic E-state index is -0.243. The first-order chi connectivity index (χ1) is 9.63. The van der Waals surface area contributed by atoms with Crippen molar-refractivity contribution in [1.29, 1.82) is 0 Å². The number of unbranched alkanes of at least 4 members (excludes halogenated alkanes) is 2. The Bertz CT molecular complexity index is 449. The highest BCUT2D eigenvalue weighted by Crippen LogP contribution is 2.31. The number of anilines is 1. The summed E-state index contributed by atoms with van der Waals surface area (Å²) >= 11 is 0. The maximum absolute atomic E-state index is 12.0. The Balaban J connectivity index is 2.68. The molecule has 0 aliphatic rings. The second-order valence-corrected chi connectivity index (χ2v) is 4.33. The standard InChI is InChI=1S/C14H22N2O4/c1-19-12-8-10(11(15)9-13(12)20-2)14(18)16-6-4-3-5-7-17/h8-9,17H,3-7,15H2,1-2H3,(H,16,18). The summed E-state index contributed by atoms with van der Waals surface area (Å²) in [7, 11) is 3.02. The summed E-state index contributed by atoms with van der Waals surface area (Å²) in [5.41, 5.74) is 6.55. The van der Waals surface area contributed by atoms with Crippen LogP contribution in [0.5, 0.6) is 11.5 Å². The fourth-order valence-electron chi connectivity index (χ4n) is 1.80. The van der Waals surface area contributed by atoms with Crippen molar-refractivity contribution in [3.63, 3.8) is 0 Å². The lowest BCUT2D eigenvalue weighted by Gasteiger charge is -2.12. The van der Waals surface area contributed by atoms with Gasteiger partial charge in [0.05, 0.1) is 19.8 Å². The first kappa shape index (κ1) is 16.1. The van der Waals surface area contributed by atoms with Crippen LogP contribution in [-0.2, 0) is 0 Å². The molecule has 0 aromatic heterocycles. The molecule has 6 heteroatoms. The SMILES string of the molecule is COc1cc(N)c(C(=O)NCCCCCO)cc1OC. The van der Waals surface area contributed by atoms with Crippen molar-refractivity contribution in [3.05, 3.63) is 17.7 Å². The number of nitrogens with two attached hydrogens (primary N) is 1. The Labute approximate surface area is 118 Å². The molecule has 1 aromatic carbocycles. The molecule has 1 amide bonds. The minimum Gasteiger partial charge on any atom is -0.493 e. The zero-order valence-electron chi connectivity index (χ0n) is 11.9. The molecule has 0 aliphatic carbocycles. The van der Waals surface area contributed by atoms with Crippen LogP contribution in [0, 0.1) is 0 Å². The second kappa shape index (κ2) is 8.27. The van der Waals surface area contributed by atoms with Crippen molar-refractivity contribution in [1.82, 2.24) is 5.32 Å². The van der Waals surface area contributed by atoms with Gasteiger partial charge in [-0.25, -0.2) is 0 Å². The Morgan fingerprint density at radius 2 is 1.85 bits per heavy atom. The van der Waals surface area contributed by atoms with Gasteiger partial charge in [0.2, 0.25) is 0 Å². The van der Waals surface area contributed by atoms with Gasteiger partial charge >= 0.3 is 0 Å². The number of rotatable bonds is 8. The lowest BCUT2D eigenvalue weighted by Crippen LogP contribution is -2.25. The lowest BCUT2D eigenvalue weighted by molar-refractivity contribution is 0.0953. The molecule has 0 unspecified atom stereocenters. The number of nitrogen functional groups attached to an aromatic ring is 1. The number of benzene rings is 1. The molecule has 112 valence electrons. The van der Waals surface area contributed by atoms with Gasteiger partial charge in [0.1, 0.15) is 0 Å². The normalized spacial score (nSPS) is 10.2. The molecule has 0 fully saturated rings. The van der Waals surface area contributed by atoms with Crippen LogP contribution in [0.15, 0.2) is 12.1 Å². The fraction of sp³-hybridized carbons (Fsp3) is 0.500. The zero-order chi connectivity index (χ0) is 15.0. The number of aliphatic hydroxyl groups excluding tert-OH is 1. The molecule has 0 saturated carbocycles. The average molecular weight is 282 g/mol. The van der Waals surface area contributed by atoms with E-state index in [4.69, 9.17) is 20.3 Å². The van der Waals surface area contributed by atoms with E-state index in [1.54, 1.807) is 12.1 Å². The highest BCUT2D eigenvalue weighted by Gasteiger charge is 2.14. The molecule has 0 heterocycles. The summed E-state index contributed by atoms with van der Waals surface area (Å²) in [6.45, 7) is 0.725. The van der Waals surface area contributed by atoms with Crippen LogP contribution >= 0.6 is 0 Å². The van der Waals surface area contributed by atoms with E-state index in [2.05, 4.69) is 5.32 Å². The summed E-state index contributed by atoms with van der Waals surface area (Å²) in [5.74, 6) is 0.712. The Morgan fingerprint density at radius 3 is 2.45 bits per heavy atom. The van der Waals surface area contributed by atoms with Crippen LogP contribution in [0.2, 0.25) is 0 Å². The number of aliphatic hydroxyl groups is 1. The molecule has 0 spiro atoms. The van der Waals surface area contributed by atoms with Crippen molar-refractivity contribution < 1.29 is 19.4 Å². The number of methoxy groups -OCH3 is 2. The van der Waals surface area contributed by atoms with Crippen LogP contribution in [0.25, 0.3) is 0 Å². The van der Waals surface area contributed by atoms with E-state index in [1.807, 2.05) is 0 Å². The van der Waals surface area contributed by atoms with Gasteiger partial charge in [-0.15, -0.1) is 0 Å². The molecule has 6 nitrogen and oxygen atoms in total. The third-order valence-electron chi connectivity index (χ3n) is 2.92. The number of ether oxygens (including phenoxy) is 2. The summed E-state index contributed by atoms with van der Waals surface area (Å²) in [5, 5.41) is 11.5. The van der Waals surface area contributed by atoms with Crippen LogP contribution in [0.3, 0.4) is 0 Å².